The molecule has 1 aromatic carbocycles. The number of hydrogen-bond acceptors (Lipinski definition) is 6. The summed E-state index contributed by atoms with van der Waals surface area (Å²) >= 11 is 0. The summed E-state index contributed by atoms with van der Waals surface area (Å²) in [6.07, 6.45) is 3.32. The number of nitrogens with zero attached hydrogens (tertiary/aromatic N) is 4. The van der Waals surface area contributed by atoms with Crippen LogP contribution in [0.25, 0.3) is 10.9 Å². The second kappa shape index (κ2) is 6.12. The number of hydrogen-bond donors (Lipinski definition) is 1. The number of aromatic amines is 1. The molecule has 8 heteroatoms. The van der Waals surface area contributed by atoms with Gasteiger partial charge in [-0.15, -0.1) is 0 Å². The fraction of sp³-hybridized carbons (Fsp3) is 0.353. The molecule has 1 aliphatic rings. The number of H-pyrrole nitrogens is 1. The zero-order chi connectivity index (χ0) is 17.4. The molecule has 0 spiro atoms. The topological polar surface area (TPSA) is 105 Å². The molecule has 2 aromatic heterocycles. The Labute approximate surface area is 142 Å². The van der Waals surface area contributed by atoms with Gasteiger partial charge in [0.1, 0.15) is 5.69 Å². The third kappa shape index (κ3) is 2.90. The van der Waals surface area contributed by atoms with Gasteiger partial charge in [0.2, 0.25) is 5.89 Å². The van der Waals surface area contributed by atoms with Crippen molar-refractivity contribution in [1.82, 2.24) is 25.0 Å². The minimum absolute atomic E-state index is 0.115. The number of para-hydroxylation sites is 1. The van der Waals surface area contributed by atoms with E-state index in [1.807, 2.05) is 0 Å². The monoisotopic (exact) mass is 339 g/mol. The maximum atomic E-state index is 12.7. The van der Waals surface area contributed by atoms with Crippen molar-refractivity contribution in [1.29, 1.82) is 0 Å². The number of nitrogens with one attached hydrogen (secondary N) is 1. The van der Waals surface area contributed by atoms with E-state index in [1.165, 1.54) is 11.3 Å². The first-order chi connectivity index (χ1) is 12.1. The predicted octanol–water partition coefficient (Wildman–Crippen LogP) is 1.85. The van der Waals surface area contributed by atoms with Crippen LogP contribution in [0.4, 0.5) is 0 Å². The van der Waals surface area contributed by atoms with Crippen molar-refractivity contribution in [3.05, 3.63) is 52.2 Å². The normalized spacial score (nSPS) is 14.4. The summed E-state index contributed by atoms with van der Waals surface area (Å²) in [5.41, 5.74) is 0.137. The number of benzene rings is 1. The number of aromatic nitrogens is 4. The quantitative estimate of drug-likeness (QED) is 0.777. The van der Waals surface area contributed by atoms with Crippen LogP contribution < -0.4 is 5.69 Å². The van der Waals surface area contributed by atoms with E-state index in [0.717, 1.165) is 12.8 Å². The van der Waals surface area contributed by atoms with Gasteiger partial charge in [0.05, 0.1) is 12.1 Å². The van der Waals surface area contributed by atoms with Gasteiger partial charge in [-0.2, -0.15) is 9.97 Å². The van der Waals surface area contributed by atoms with E-state index < -0.39 is 5.69 Å². The zero-order valence-corrected chi connectivity index (χ0v) is 13.7. The molecule has 1 fully saturated rings. The van der Waals surface area contributed by atoms with Crippen LogP contribution in [-0.4, -0.2) is 38.0 Å². The van der Waals surface area contributed by atoms with Gasteiger partial charge in [0, 0.05) is 18.4 Å². The van der Waals surface area contributed by atoms with Crippen molar-refractivity contribution < 1.29 is 9.32 Å². The summed E-state index contributed by atoms with van der Waals surface area (Å²) in [6, 6.07) is 7.07. The Morgan fingerprint density at radius 2 is 2.12 bits per heavy atom. The maximum absolute atomic E-state index is 12.7. The van der Waals surface area contributed by atoms with Gasteiger partial charge in [-0.1, -0.05) is 29.8 Å². The molecule has 4 rings (SSSR count). The third-order valence-electron chi connectivity index (χ3n) is 4.50. The molecule has 1 N–H and O–H groups in total. The highest BCUT2D eigenvalue weighted by Crippen LogP contribution is 2.35. The van der Waals surface area contributed by atoms with E-state index in [0.29, 0.717) is 28.5 Å². The largest absolute Gasteiger partial charge is 0.346 e. The van der Waals surface area contributed by atoms with Gasteiger partial charge in [-0.3, -0.25) is 4.79 Å². The van der Waals surface area contributed by atoms with Gasteiger partial charge in [-0.25, -0.2) is 4.79 Å². The van der Waals surface area contributed by atoms with Crippen molar-refractivity contribution >= 4 is 16.8 Å². The lowest BCUT2D eigenvalue weighted by Crippen LogP contribution is -2.30. The van der Waals surface area contributed by atoms with Crippen LogP contribution in [0.3, 0.4) is 0 Å². The second-order valence-electron chi connectivity index (χ2n) is 6.27. The van der Waals surface area contributed by atoms with Crippen LogP contribution >= 0.6 is 0 Å². The second-order valence-corrected chi connectivity index (χ2v) is 6.27. The van der Waals surface area contributed by atoms with Gasteiger partial charge < -0.3 is 14.4 Å². The first kappa shape index (κ1) is 15.5. The van der Waals surface area contributed by atoms with E-state index >= 15 is 0 Å². The number of rotatable bonds is 4. The molecule has 0 atom stereocenters. The number of carbonyl (C=O) groups is 1. The average Bonchev–Trinajstić information content (AvgIpc) is 2.99. The van der Waals surface area contributed by atoms with Crippen molar-refractivity contribution in [2.75, 3.05) is 7.05 Å². The highest BCUT2D eigenvalue weighted by atomic mass is 16.5. The lowest BCUT2D eigenvalue weighted by molar-refractivity contribution is 0.0776. The Balaban J connectivity index is 1.58. The van der Waals surface area contributed by atoms with Crippen LogP contribution in [0.15, 0.2) is 33.6 Å². The first-order valence-electron chi connectivity index (χ1n) is 8.19. The highest BCUT2D eigenvalue weighted by Gasteiger charge is 2.26. The number of fused-ring (bicyclic) bond motifs is 1. The van der Waals surface area contributed by atoms with Crippen LogP contribution in [-0.2, 0) is 6.54 Å². The molecule has 25 heavy (non-hydrogen) atoms. The zero-order valence-electron chi connectivity index (χ0n) is 13.7. The lowest BCUT2D eigenvalue weighted by Gasteiger charge is -2.20. The predicted molar refractivity (Wildman–Crippen MR) is 89.1 cm³/mol. The molecular formula is C17H17N5O3. The molecule has 0 aliphatic heterocycles. The number of carbonyl (C=O) groups excluding carboxylic acids is 1. The highest BCUT2D eigenvalue weighted by molar-refractivity contribution is 6.03. The Morgan fingerprint density at radius 3 is 2.88 bits per heavy atom. The standard InChI is InChI=1S/C17H17N5O3/c1-22(9-13-19-15(25-21-13)10-5-4-6-10)16(23)14-11-7-2-3-8-12(11)18-17(24)20-14/h2-3,7-8,10H,4-6,9H2,1H3,(H,18,20,24). The van der Waals surface area contributed by atoms with E-state index in [1.54, 1.807) is 31.3 Å². The molecule has 1 amide bonds. The van der Waals surface area contributed by atoms with Gasteiger partial charge in [0.15, 0.2) is 5.82 Å². The summed E-state index contributed by atoms with van der Waals surface area (Å²) < 4.78 is 5.27. The molecule has 1 aliphatic carbocycles. The molecule has 0 radical (unpaired) electrons. The fourth-order valence-corrected chi connectivity index (χ4v) is 2.88. The van der Waals surface area contributed by atoms with Gasteiger partial charge >= 0.3 is 5.69 Å². The summed E-state index contributed by atoms with van der Waals surface area (Å²) in [5, 5.41) is 4.55. The van der Waals surface area contributed by atoms with Crippen molar-refractivity contribution in [2.45, 2.75) is 31.7 Å². The Bertz CT molecular complexity index is 989. The van der Waals surface area contributed by atoms with Crippen molar-refractivity contribution in [3.8, 4) is 0 Å². The molecule has 8 nitrogen and oxygen atoms in total. The number of amides is 1. The molecule has 0 unspecified atom stereocenters. The Kier molecular flexibility index (Phi) is 3.79. The molecular weight excluding hydrogens is 322 g/mol. The molecule has 2 heterocycles. The van der Waals surface area contributed by atoms with E-state index in [4.69, 9.17) is 4.52 Å². The van der Waals surface area contributed by atoms with E-state index in [-0.39, 0.29) is 18.1 Å². The molecule has 0 bridgehead atoms. The van der Waals surface area contributed by atoms with E-state index in [2.05, 4.69) is 20.1 Å². The molecule has 1 saturated carbocycles. The third-order valence-corrected chi connectivity index (χ3v) is 4.50. The Hall–Kier alpha value is -3.03. The Morgan fingerprint density at radius 1 is 1.32 bits per heavy atom. The van der Waals surface area contributed by atoms with E-state index in [9.17, 15) is 9.59 Å². The fourth-order valence-electron chi connectivity index (χ4n) is 2.88. The lowest BCUT2D eigenvalue weighted by atomic mass is 9.85. The van der Waals surface area contributed by atoms with Gasteiger partial charge in [0.25, 0.3) is 5.91 Å². The maximum Gasteiger partial charge on any atom is 0.346 e. The smallest absolute Gasteiger partial charge is 0.339 e. The summed E-state index contributed by atoms with van der Waals surface area (Å²) in [5.74, 6) is 1.08. The van der Waals surface area contributed by atoms with Crippen molar-refractivity contribution in [3.63, 3.8) is 0 Å². The van der Waals surface area contributed by atoms with Crippen molar-refractivity contribution in [2.24, 2.45) is 0 Å². The summed E-state index contributed by atoms with van der Waals surface area (Å²) in [6.45, 7) is 0.192. The average molecular weight is 339 g/mol. The first-order valence-corrected chi connectivity index (χ1v) is 8.19. The molecule has 0 saturated heterocycles. The van der Waals surface area contributed by atoms with Gasteiger partial charge in [-0.05, 0) is 18.9 Å². The minimum atomic E-state index is -0.553. The molecule has 128 valence electrons. The van der Waals surface area contributed by atoms with Crippen LogP contribution in [0.2, 0.25) is 0 Å². The summed E-state index contributed by atoms with van der Waals surface area (Å²) in [4.78, 5) is 36.8. The minimum Gasteiger partial charge on any atom is -0.339 e. The van der Waals surface area contributed by atoms with Crippen LogP contribution in [0, 0.1) is 0 Å². The summed E-state index contributed by atoms with van der Waals surface area (Å²) in [7, 11) is 1.62. The van der Waals surface area contributed by atoms with Crippen LogP contribution in [0.1, 0.15) is 47.4 Å². The molecule has 3 aromatic rings. The van der Waals surface area contributed by atoms with Crippen LogP contribution in [0.5, 0.6) is 0 Å². The SMILES string of the molecule is CN(Cc1noc(C2CCC2)n1)C(=O)c1nc(=O)[nH]c2ccccc12.